The van der Waals surface area contributed by atoms with E-state index in [4.69, 9.17) is 11.6 Å². The van der Waals surface area contributed by atoms with E-state index >= 15 is 0 Å². The Labute approximate surface area is 120 Å². The number of halogens is 1. The number of rotatable bonds is 4. The SMILES string of the molecule is CC(CNC1CCc2sc(Cl)cc21)c1nccs1. The van der Waals surface area contributed by atoms with Gasteiger partial charge in [0.05, 0.1) is 9.34 Å². The minimum Gasteiger partial charge on any atom is -0.309 e. The number of aromatic nitrogens is 1. The molecule has 2 unspecified atom stereocenters. The van der Waals surface area contributed by atoms with Gasteiger partial charge in [-0.2, -0.15) is 0 Å². The Morgan fingerprint density at radius 1 is 1.61 bits per heavy atom. The molecule has 0 bridgehead atoms. The summed E-state index contributed by atoms with van der Waals surface area (Å²) in [4.78, 5) is 5.83. The van der Waals surface area contributed by atoms with E-state index in [-0.39, 0.29) is 0 Å². The molecule has 5 heteroatoms. The van der Waals surface area contributed by atoms with Gasteiger partial charge in [-0.15, -0.1) is 22.7 Å². The Morgan fingerprint density at radius 2 is 2.50 bits per heavy atom. The maximum absolute atomic E-state index is 6.07. The van der Waals surface area contributed by atoms with Crippen molar-refractivity contribution in [2.75, 3.05) is 6.54 Å². The summed E-state index contributed by atoms with van der Waals surface area (Å²) in [5.41, 5.74) is 1.41. The quantitative estimate of drug-likeness (QED) is 0.913. The fourth-order valence-electron chi connectivity index (χ4n) is 2.43. The summed E-state index contributed by atoms with van der Waals surface area (Å²) >= 11 is 9.53. The molecule has 0 saturated carbocycles. The first kappa shape index (κ1) is 12.6. The Kier molecular flexibility index (Phi) is 3.71. The van der Waals surface area contributed by atoms with Crippen molar-refractivity contribution in [1.82, 2.24) is 10.3 Å². The van der Waals surface area contributed by atoms with Crippen LogP contribution in [0.3, 0.4) is 0 Å². The summed E-state index contributed by atoms with van der Waals surface area (Å²) in [6, 6.07) is 2.60. The predicted octanol–water partition coefficient (Wildman–Crippen LogP) is 4.24. The summed E-state index contributed by atoms with van der Waals surface area (Å²) in [5, 5.41) is 6.91. The van der Waals surface area contributed by atoms with Crippen LogP contribution in [0.4, 0.5) is 0 Å². The molecule has 18 heavy (non-hydrogen) atoms. The molecule has 0 saturated heterocycles. The second-order valence-electron chi connectivity index (χ2n) is 4.70. The van der Waals surface area contributed by atoms with Crippen molar-refractivity contribution >= 4 is 34.3 Å². The van der Waals surface area contributed by atoms with Crippen molar-refractivity contribution in [2.24, 2.45) is 0 Å². The highest BCUT2D eigenvalue weighted by molar-refractivity contribution is 7.16. The smallest absolute Gasteiger partial charge is 0.0965 e. The molecule has 0 aromatic carbocycles. The first-order valence-electron chi connectivity index (χ1n) is 6.15. The lowest BCUT2D eigenvalue weighted by Crippen LogP contribution is -2.23. The van der Waals surface area contributed by atoms with Crippen LogP contribution in [0, 0.1) is 0 Å². The normalized spacial score (nSPS) is 20.0. The summed E-state index contributed by atoms with van der Waals surface area (Å²) in [6.07, 6.45) is 4.24. The molecule has 2 nitrogen and oxygen atoms in total. The minimum absolute atomic E-state index is 0.475. The highest BCUT2D eigenvalue weighted by Crippen LogP contribution is 2.39. The molecule has 1 aliphatic rings. The average molecular weight is 299 g/mol. The van der Waals surface area contributed by atoms with E-state index < -0.39 is 0 Å². The van der Waals surface area contributed by atoms with Gasteiger partial charge in [0.2, 0.25) is 0 Å². The summed E-state index contributed by atoms with van der Waals surface area (Å²) < 4.78 is 0.916. The number of hydrogen-bond acceptors (Lipinski definition) is 4. The first-order chi connectivity index (χ1) is 8.74. The van der Waals surface area contributed by atoms with E-state index in [1.54, 1.807) is 22.7 Å². The van der Waals surface area contributed by atoms with Crippen molar-refractivity contribution in [2.45, 2.75) is 31.7 Å². The molecule has 2 aromatic rings. The van der Waals surface area contributed by atoms with Crippen LogP contribution >= 0.6 is 34.3 Å². The largest absolute Gasteiger partial charge is 0.309 e. The van der Waals surface area contributed by atoms with Gasteiger partial charge in [0.1, 0.15) is 0 Å². The molecular formula is C13H15ClN2S2. The van der Waals surface area contributed by atoms with Gasteiger partial charge in [0.15, 0.2) is 0 Å². The molecule has 1 aliphatic carbocycles. The maximum Gasteiger partial charge on any atom is 0.0965 e. The van der Waals surface area contributed by atoms with Gasteiger partial charge in [-0.1, -0.05) is 18.5 Å². The summed E-state index contributed by atoms with van der Waals surface area (Å²) in [5.74, 6) is 0.475. The lowest BCUT2D eigenvalue weighted by Gasteiger charge is -2.16. The molecule has 0 aliphatic heterocycles. The molecule has 3 rings (SSSR count). The van der Waals surface area contributed by atoms with Crippen LogP contribution in [0.5, 0.6) is 0 Å². The van der Waals surface area contributed by atoms with Crippen molar-refractivity contribution < 1.29 is 0 Å². The second-order valence-corrected chi connectivity index (χ2v) is 7.39. The van der Waals surface area contributed by atoms with Crippen LogP contribution in [0.1, 0.15) is 40.8 Å². The molecule has 0 fully saturated rings. The summed E-state index contributed by atoms with van der Waals surface area (Å²) in [7, 11) is 0. The first-order valence-corrected chi connectivity index (χ1v) is 8.22. The van der Waals surface area contributed by atoms with Crippen molar-refractivity contribution in [3.8, 4) is 0 Å². The number of fused-ring (bicyclic) bond motifs is 1. The van der Waals surface area contributed by atoms with Gasteiger partial charge < -0.3 is 5.32 Å². The van der Waals surface area contributed by atoms with E-state index in [1.165, 1.54) is 21.9 Å². The molecule has 2 aromatic heterocycles. The maximum atomic E-state index is 6.07. The van der Waals surface area contributed by atoms with Crippen molar-refractivity contribution in [3.63, 3.8) is 0 Å². The monoisotopic (exact) mass is 298 g/mol. The zero-order chi connectivity index (χ0) is 12.5. The third-order valence-corrected chi connectivity index (χ3v) is 5.74. The van der Waals surface area contributed by atoms with Crippen LogP contribution in [-0.2, 0) is 6.42 Å². The summed E-state index contributed by atoms with van der Waals surface area (Å²) in [6.45, 7) is 3.20. The Hall–Kier alpha value is -0.420. The van der Waals surface area contributed by atoms with Crippen LogP contribution in [-0.4, -0.2) is 11.5 Å². The Bertz CT molecular complexity index is 521. The topological polar surface area (TPSA) is 24.9 Å². The van der Waals surface area contributed by atoms with Crippen molar-refractivity contribution in [3.05, 3.63) is 37.4 Å². The Morgan fingerprint density at radius 3 is 3.28 bits per heavy atom. The third-order valence-electron chi connectivity index (χ3n) is 3.39. The second kappa shape index (κ2) is 5.29. The van der Waals surface area contributed by atoms with Crippen LogP contribution < -0.4 is 5.32 Å². The van der Waals surface area contributed by atoms with Gasteiger partial charge >= 0.3 is 0 Å². The molecule has 0 amide bonds. The van der Waals surface area contributed by atoms with Crippen LogP contribution in [0.15, 0.2) is 17.6 Å². The van der Waals surface area contributed by atoms with Gasteiger partial charge in [-0.3, -0.25) is 0 Å². The zero-order valence-electron chi connectivity index (χ0n) is 10.1. The standard InChI is InChI=1S/C13H15ClN2S2/c1-8(13-15-4-5-17-13)7-16-10-2-3-11-9(10)6-12(14)18-11/h4-6,8,10,16H,2-3,7H2,1H3. The highest BCUT2D eigenvalue weighted by atomic mass is 35.5. The number of thiazole rings is 1. The molecule has 96 valence electrons. The number of hydrogen-bond donors (Lipinski definition) is 1. The highest BCUT2D eigenvalue weighted by Gasteiger charge is 2.25. The zero-order valence-corrected chi connectivity index (χ0v) is 12.5. The van der Waals surface area contributed by atoms with Crippen LogP contribution in [0.2, 0.25) is 4.34 Å². The average Bonchev–Trinajstić information content (AvgIpc) is 3.02. The molecular weight excluding hydrogens is 284 g/mol. The van der Waals surface area contributed by atoms with Gasteiger partial charge in [0.25, 0.3) is 0 Å². The number of aryl methyl sites for hydroxylation is 1. The minimum atomic E-state index is 0.475. The number of thiophene rings is 1. The lowest BCUT2D eigenvalue weighted by atomic mass is 10.1. The fourth-order valence-corrected chi connectivity index (χ4v) is 4.48. The van der Waals surface area contributed by atoms with Crippen molar-refractivity contribution in [1.29, 1.82) is 0 Å². The van der Waals surface area contributed by atoms with E-state index in [2.05, 4.69) is 23.3 Å². The van der Waals surface area contributed by atoms with E-state index in [1.807, 2.05) is 11.6 Å². The van der Waals surface area contributed by atoms with Gasteiger partial charge in [-0.05, 0) is 24.5 Å². The Balaban J connectivity index is 1.61. The molecule has 1 N–H and O–H groups in total. The fraction of sp³-hybridized carbons (Fsp3) is 0.462. The molecule has 2 heterocycles. The third kappa shape index (κ3) is 2.48. The number of nitrogens with zero attached hydrogens (tertiary/aromatic N) is 1. The van der Waals surface area contributed by atoms with Gasteiger partial charge in [-0.25, -0.2) is 4.98 Å². The predicted molar refractivity (Wildman–Crippen MR) is 78.9 cm³/mol. The van der Waals surface area contributed by atoms with E-state index in [0.29, 0.717) is 12.0 Å². The molecule has 0 radical (unpaired) electrons. The van der Waals surface area contributed by atoms with E-state index in [0.717, 1.165) is 17.3 Å². The van der Waals surface area contributed by atoms with Gasteiger partial charge in [0, 0.05) is 35.0 Å². The van der Waals surface area contributed by atoms with Crippen LogP contribution in [0.25, 0.3) is 0 Å². The molecule has 0 spiro atoms. The lowest BCUT2D eigenvalue weighted by molar-refractivity contribution is 0.503. The molecule has 2 atom stereocenters. The van der Waals surface area contributed by atoms with E-state index in [9.17, 15) is 0 Å². The number of nitrogens with one attached hydrogen (secondary N) is 1.